The zero-order chi connectivity index (χ0) is 24.5. The predicted octanol–water partition coefficient (Wildman–Crippen LogP) is 6.01. The molecule has 0 amide bonds. The van der Waals surface area contributed by atoms with E-state index < -0.39 is 0 Å². The maximum Gasteiger partial charge on any atom is 0.151 e. The van der Waals surface area contributed by atoms with Gasteiger partial charge in [0.15, 0.2) is 5.82 Å². The highest BCUT2D eigenvalue weighted by Gasteiger charge is 2.30. The number of benzene rings is 3. The van der Waals surface area contributed by atoms with Crippen molar-refractivity contribution in [3.63, 3.8) is 0 Å². The molecule has 0 saturated heterocycles. The molecule has 0 bridgehead atoms. The van der Waals surface area contributed by atoms with Gasteiger partial charge < -0.3 is 24.5 Å². The molecule has 5 aromatic rings. The zero-order valence-corrected chi connectivity index (χ0v) is 19.9. The van der Waals surface area contributed by atoms with Crippen LogP contribution in [-0.4, -0.2) is 21.1 Å². The number of nitrogen functional groups attached to an aromatic ring is 1. The van der Waals surface area contributed by atoms with E-state index >= 15 is 0 Å². The first-order chi connectivity index (χ1) is 17.7. The van der Waals surface area contributed by atoms with Crippen LogP contribution in [0.5, 0.6) is 17.2 Å². The van der Waals surface area contributed by atoms with Crippen molar-refractivity contribution in [1.29, 1.82) is 0 Å². The summed E-state index contributed by atoms with van der Waals surface area (Å²) in [6.45, 7) is 3.14. The average molecular weight is 479 g/mol. The highest BCUT2D eigenvalue weighted by molar-refractivity contribution is 5.91. The molecular weight excluding hydrogens is 452 g/mol. The fourth-order valence-corrected chi connectivity index (χ4v) is 4.71. The first-order valence-corrected chi connectivity index (χ1v) is 12.0. The molecule has 1 aliphatic rings. The first-order valence-electron chi connectivity index (χ1n) is 12.0. The summed E-state index contributed by atoms with van der Waals surface area (Å²) in [6, 6.07) is 25.9. The summed E-state index contributed by atoms with van der Waals surface area (Å²) in [5.74, 6) is 2.86. The zero-order valence-electron chi connectivity index (χ0n) is 19.9. The highest BCUT2D eigenvalue weighted by atomic mass is 16.5. The van der Waals surface area contributed by atoms with Gasteiger partial charge in [-0.05, 0) is 61.0 Å². The Bertz CT molecular complexity index is 1510. The Kier molecular flexibility index (Phi) is 5.75. The Morgan fingerprint density at radius 1 is 0.944 bits per heavy atom. The van der Waals surface area contributed by atoms with Gasteiger partial charge in [-0.25, -0.2) is 9.97 Å². The molecule has 3 heterocycles. The van der Waals surface area contributed by atoms with Crippen molar-refractivity contribution in [3.8, 4) is 22.9 Å². The van der Waals surface area contributed by atoms with Crippen LogP contribution < -0.4 is 15.2 Å². The minimum Gasteiger partial charge on any atom is -0.493 e. The molecule has 0 fully saturated rings. The Balaban J connectivity index is 1.20. The topological polar surface area (TPSA) is 84.4 Å². The van der Waals surface area contributed by atoms with Gasteiger partial charge in [-0.2, -0.15) is 0 Å². The molecule has 7 nitrogen and oxygen atoms in total. The van der Waals surface area contributed by atoms with Crippen LogP contribution in [0.2, 0.25) is 0 Å². The Labute approximate surface area is 209 Å². The molecule has 2 N–H and O–H groups in total. The van der Waals surface area contributed by atoms with Crippen LogP contribution in [0.4, 0.5) is 5.82 Å². The molecule has 1 atom stereocenters. The lowest BCUT2D eigenvalue weighted by molar-refractivity contribution is 0.0783. The van der Waals surface area contributed by atoms with Crippen molar-refractivity contribution in [2.45, 2.75) is 26.1 Å². The van der Waals surface area contributed by atoms with Crippen molar-refractivity contribution < 1.29 is 14.2 Å². The third-order valence-corrected chi connectivity index (χ3v) is 6.42. The molecule has 2 aromatic heterocycles. The van der Waals surface area contributed by atoms with E-state index in [1.807, 2.05) is 79.7 Å². The maximum absolute atomic E-state index is 6.27. The third kappa shape index (κ3) is 4.14. The highest BCUT2D eigenvalue weighted by Crippen LogP contribution is 2.40. The summed E-state index contributed by atoms with van der Waals surface area (Å²) >= 11 is 0. The van der Waals surface area contributed by atoms with Crippen molar-refractivity contribution >= 4 is 16.9 Å². The van der Waals surface area contributed by atoms with Crippen molar-refractivity contribution in [2.75, 3.05) is 12.3 Å². The van der Waals surface area contributed by atoms with E-state index in [2.05, 4.69) is 20.6 Å². The van der Waals surface area contributed by atoms with Gasteiger partial charge in [0.05, 0.1) is 25.0 Å². The van der Waals surface area contributed by atoms with Crippen LogP contribution in [0, 0.1) is 0 Å². The summed E-state index contributed by atoms with van der Waals surface area (Å²) in [5, 5.41) is 0. The fraction of sp³-hybridized carbons (Fsp3) is 0.172. The van der Waals surface area contributed by atoms with E-state index in [-0.39, 0.29) is 6.10 Å². The Morgan fingerprint density at radius 2 is 1.75 bits per heavy atom. The van der Waals surface area contributed by atoms with Crippen LogP contribution in [0.1, 0.15) is 29.8 Å². The molecule has 6 rings (SSSR count). The van der Waals surface area contributed by atoms with Crippen LogP contribution in [0.3, 0.4) is 0 Å². The van der Waals surface area contributed by atoms with Crippen molar-refractivity contribution in [1.82, 2.24) is 14.5 Å². The monoisotopic (exact) mass is 478 g/mol. The maximum atomic E-state index is 6.27. The smallest absolute Gasteiger partial charge is 0.151 e. The van der Waals surface area contributed by atoms with Crippen LogP contribution >= 0.6 is 0 Å². The van der Waals surface area contributed by atoms with E-state index in [4.69, 9.17) is 19.9 Å². The van der Waals surface area contributed by atoms with Crippen LogP contribution in [-0.2, 0) is 17.8 Å². The summed E-state index contributed by atoms with van der Waals surface area (Å²) in [7, 11) is 0. The van der Waals surface area contributed by atoms with Gasteiger partial charge in [-0.15, -0.1) is 0 Å². The van der Waals surface area contributed by atoms with Gasteiger partial charge in [0.25, 0.3) is 0 Å². The van der Waals surface area contributed by atoms with Crippen LogP contribution in [0.15, 0.2) is 85.2 Å². The summed E-state index contributed by atoms with van der Waals surface area (Å²) in [4.78, 5) is 8.73. The minimum absolute atomic E-state index is 0.0361. The second kappa shape index (κ2) is 9.36. The summed E-state index contributed by atoms with van der Waals surface area (Å²) < 4.78 is 20.0. The molecule has 180 valence electrons. The molecule has 1 unspecified atom stereocenters. The Hall–Kier alpha value is -4.36. The number of fused-ring (bicyclic) bond motifs is 3. The van der Waals surface area contributed by atoms with Gasteiger partial charge >= 0.3 is 0 Å². The van der Waals surface area contributed by atoms with E-state index in [1.165, 1.54) is 6.33 Å². The number of nitrogens with zero attached hydrogens (tertiary/aromatic N) is 3. The molecular formula is C29H26N4O3. The number of ether oxygens (including phenoxy) is 3. The fourth-order valence-electron chi connectivity index (χ4n) is 4.71. The lowest BCUT2D eigenvalue weighted by Crippen LogP contribution is -2.03. The number of rotatable bonds is 7. The molecule has 0 radical (unpaired) electrons. The second-order valence-electron chi connectivity index (χ2n) is 8.76. The largest absolute Gasteiger partial charge is 0.493 e. The number of aromatic nitrogens is 3. The molecule has 0 aliphatic carbocycles. The molecule has 36 heavy (non-hydrogen) atoms. The minimum atomic E-state index is -0.0361. The third-order valence-electron chi connectivity index (χ3n) is 6.42. The molecule has 0 spiro atoms. The SMILES string of the molecule is CC1OCc2c1c1ncnc(N)c1n2-c1ccc(Oc2cccc(CCOc3ccccc3)c2)cc1. The normalized spacial score (nSPS) is 14.6. The van der Waals surface area contributed by atoms with Gasteiger partial charge in [-0.3, -0.25) is 0 Å². The van der Waals surface area contributed by atoms with E-state index in [1.54, 1.807) is 0 Å². The van der Waals surface area contributed by atoms with Gasteiger partial charge in [-0.1, -0.05) is 30.3 Å². The van der Waals surface area contributed by atoms with Gasteiger partial charge in [0.1, 0.15) is 34.6 Å². The van der Waals surface area contributed by atoms with Crippen LogP contribution in [0.25, 0.3) is 16.7 Å². The first kappa shape index (κ1) is 22.1. The van der Waals surface area contributed by atoms with E-state index in [0.717, 1.165) is 57.2 Å². The number of anilines is 1. The van der Waals surface area contributed by atoms with E-state index in [0.29, 0.717) is 19.0 Å². The Morgan fingerprint density at radius 3 is 2.58 bits per heavy atom. The predicted molar refractivity (Wildman–Crippen MR) is 139 cm³/mol. The second-order valence-corrected chi connectivity index (χ2v) is 8.76. The quantitative estimate of drug-likeness (QED) is 0.308. The molecule has 7 heteroatoms. The number of nitrogens with two attached hydrogens (primary N) is 1. The van der Waals surface area contributed by atoms with Gasteiger partial charge in [0.2, 0.25) is 0 Å². The lowest BCUT2D eigenvalue weighted by atomic mass is 10.1. The molecule has 1 aliphatic heterocycles. The summed E-state index contributed by atoms with van der Waals surface area (Å²) in [6.07, 6.45) is 2.26. The number of hydrogen-bond acceptors (Lipinski definition) is 6. The number of hydrogen-bond donors (Lipinski definition) is 1. The standard InChI is InChI=1S/C29H26N4O3/c1-19-26-25(17-35-19)33(28-27(26)31-18-32-29(28)30)21-10-12-23(13-11-21)36-24-9-5-6-20(16-24)14-15-34-22-7-3-2-4-8-22/h2-13,16,18-19H,14-15,17H2,1H3,(H2,30,31,32). The number of para-hydroxylation sites is 1. The lowest BCUT2D eigenvalue weighted by Gasteiger charge is -2.12. The summed E-state index contributed by atoms with van der Waals surface area (Å²) in [5.41, 5.74) is 12.2. The van der Waals surface area contributed by atoms with Crippen molar-refractivity contribution in [3.05, 3.63) is 102 Å². The van der Waals surface area contributed by atoms with Gasteiger partial charge in [0, 0.05) is 17.7 Å². The average Bonchev–Trinajstić information content (AvgIpc) is 3.44. The molecule has 0 saturated carbocycles. The van der Waals surface area contributed by atoms with E-state index in [9.17, 15) is 0 Å². The van der Waals surface area contributed by atoms with Crippen molar-refractivity contribution in [2.24, 2.45) is 0 Å². The molecule has 3 aromatic carbocycles.